The standard InChI is InChI=1S/C22H23N3OS/c1-14-4-7-16(8-5-14)10-11-23-22(26)20-18-13-27-19-9-6-15(2)12-17(19)21(18)25(3)24-20/h4-9,12H,10-11,13H2,1-3H3,(H,23,26). The lowest BCUT2D eigenvalue weighted by Crippen LogP contribution is -2.27. The van der Waals surface area contributed by atoms with Gasteiger partial charge in [0, 0.05) is 35.4 Å². The molecule has 4 nitrogen and oxygen atoms in total. The van der Waals surface area contributed by atoms with Crippen LogP contribution in [0.3, 0.4) is 0 Å². The van der Waals surface area contributed by atoms with E-state index >= 15 is 0 Å². The average molecular weight is 378 g/mol. The molecular formula is C22H23N3OS. The number of hydrogen-bond acceptors (Lipinski definition) is 3. The quantitative estimate of drug-likeness (QED) is 0.738. The van der Waals surface area contributed by atoms with Crippen LogP contribution in [0, 0.1) is 13.8 Å². The van der Waals surface area contributed by atoms with E-state index in [4.69, 9.17) is 0 Å². The van der Waals surface area contributed by atoms with Gasteiger partial charge in [0.05, 0.1) is 5.69 Å². The minimum atomic E-state index is -0.0873. The summed E-state index contributed by atoms with van der Waals surface area (Å²) in [5.74, 6) is 0.690. The van der Waals surface area contributed by atoms with E-state index in [0.717, 1.165) is 23.4 Å². The van der Waals surface area contributed by atoms with Gasteiger partial charge in [-0.25, -0.2) is 0 Å². The SMILES string of the molecule is Cc1ccc(CCNC(=O)c2nn(C)c3c2CSc2ccc(C)cc2-3)cc1. The highest BCUT2D eigenvalue weighted by molar-refractivity contribution is 7.98. The fraction of sp³-hybridized carbons (Fsp3) is 0.273. The summed E-state index contributed by atoms with van der Waals surface area (Å²) in [5.41, 5.74) is 7.52. The molecule has 138 valence electrons. The summed E-state index contributed by atoms with van der Waals surface area (Å²) in [4.78, 5) is 14.0. The number of hydrogen-bond donors (Lipinski definition) is 1. The van der Waals surface area contributed by atoms with Gasteiger partial charge in [-0.2, -0.15) is 5.10 Å². The summed E-state index contributed by atoms with van der Waals surface area (Å²) in [6, 6.07) is 14.9. The lowest BCUT2D eigenvalue weighted by Gasteiger charge is -2.17. The van der Waals surface area contributed by atoms with E-state index in [0.29, 0.717) is 12.2 Å². The van der Waals surface area contributed by atoms with Gasteiger partial charge in [-0.1, -0.05) is 41.5 Å². The maximum Gasteiger partial charge on any atom is 0.272 e. The molecule has 1 aliphatic rings. The summed E-state index contributed by atoms with van der Waals surface area (Å²) in [5, 5.41) is 7.59. The molecule has 0 fully saturated rings. The number of nitrogens with one attached hydrogen (secondary N) is 1. The normalized spacial score (nSPS) is 12.4. The van der Waals surface area contributed by atoms with Gasteiger partial charge < -0.3 is 5.32 Å². The summed E-state index contributed by atoms with van der Waals surface area (Å²) >= 11 is 1.77. The molecular weight excluding hydrogens is 354 g/mol. The van der Waals surface area contributed by atoms with Crippen LogP contribution < -0.4 is 5.32 Å². The highest BCUT2D eigenvalue weighted by atomic mass is 32.2. The van der Waals surface area contributed by atoms with Crippen molar-refractivity contribution in [1.82, 2.24) is 15.1 Å². The molecule has 1 N–H and O–H groups in total. The number of aromatic nitrogens is 2. The van der Waals surface area contributed by atoms with Crippen molar-refractivity contribution in [3.8, 4) is 11.3 Å². The van der Waals surface area contributed by atoms with Crippen molar-refractivity contribution >= 4 is 17.7 Å². The molecule has 0 unspecified atom stereocenters. The summed E-state index contributed by atoms with van der Waals surface area (Å²) < 4.78 is 1.85. The fourth-order valence-electron chi connectivity index (χ4n) is 3.49. The third kappa shape index (κ3) is 3.52. The lowest BCUT2D eigenvalue weighted by atomic mass is 10.0. The lowest BCUT2D eigenvalue weighted by molar-refractivity contribution is 0.0948. The summed E-state index contributed by atoms with van der Waals surface area (Å²) in [6.45, 7) is 4.78. The van der Waals surface area contributed by atoms with E-state index in [1.807, 2.05) is 11.7 Å². The monoisotopic (exact) mass is 377 g/mol. The van der Waals surface area contributed by atoms with E-state index in [1.54, 1.807) is 11.8 Å². The molecule has 4 rings (SSSR count). The minimum absolute atomic E-state index is 0.0873. The van der Waals surface area contributed by atoms with Gasteiger partial charge in [-0.3, -0.25) is 9.48 Å². The van der Waals surface area contributed by atoms with Crippen LogP contribution in [0.5, 0.6) is 0 Å². The van der Waals surface area contributed by atoms with Gasteiger partial charge in [0.25, 0.3) is 5.91 Å². The number of amides is 1. The predicted octanol–water partition coefficient (Wildman–Crippen LogP) is 4.28. The van der Waals surface area contributed by atoms with E-state index in [1.165, 1.54) is 27.1 Å². The van der Waals surface area contributed by atoms with Crippen molar-refractivity contribution in [1.29, 1.82) is 0 Å². The predicted molar refractivity (Wildman–Crippen MR) is 110 cm³/mol. The van der Waals surface area contributed by atoms with Gasteiger partial charge in [0.2, 0.25) is 0 Å². The smallest absolute Gasteiger partial charge is 0.272 e. The average Bonchev–Trinajstić information content (AvgIpc) is 3.00. The zero-order valence-electron chi connectivity index (χ0n) is 15.9. The van der Waals surface area contributed by atoms with Crippen LogP contribution >= 0.6 is 11.8 Å². The van der Waals surface area contributed by atoms with Gasteiger partial charge >= 0.3 is 0 Å². The molecule has 1 aromatic heterocycles. The Bertz CT molecular complexity index is 1010. The molecule has 2 heterocycles. The van der Waals surface area contributed by atoms with E-state index in [2.05, 4.69) is 66.7 Å². The molecule has 1 aliphatic heterocycles. The van der Waals surface area contributed by atoms with Gasteiger partial charge in [-0.15, -0.1) is 11.8 Å². The Morgan fingerprint density at radius 1 is 1.15 bits per heavy atom. The van der Waals surface area contributed by atoms with Gasteiger partial charge in [0.1, 0.15) is 0 Å². The summed E-state index contributed by atoms with van der Waals surface area (Å²) in [6.07, 6.45) is 0.817. The number of aryl methyl sites for hydroxylation is 3. The van der Waals surface area contributed by atoms with Crippen LogP contribution in [0.4, 0.5) is 0 Å². The summed E-state index contributed by atoms with van der Waals surface area (Å²) in [7, 11) is 1.92. The van der Waals surface area contributed by atoms with Crippen LogP contribution in [-0.2, 0) is 19.2 Å². The molecule has 0 saturated heterocycles. The Morgan fingerprint density at radius 3 is 2.67 bits per heavy atom. The first-order chi connectivity index (χ1) is 13.0. The van der Waals surface area contributed by atoms with E-state index in [9.17, 15) is 4.79 Å². The van der Waals surface area contributed by atoms with Crippen molar-refractivity contribution < 1.29 is 4.79 Å². The molecule has 0 spiro atoms. The number of benzene rings is 2. The van der Waals surface area contributed by atoms with Crippen molar-refractivity contribution in [2.75, 3.05) is 6.54 Å². The number of carbonyl (C=O) groups excluding carboxylic acids is 1. The van der Waals surface area contributed by atoms with Crippen LogP contribution in [0.1, 0.15) is 32.7 Å². The second-order valence-corrected chi connectivity index (χ2v) is 8.10. The first-order valence-corrected chi connectivity index (χ1v) is 10.1. The highest BCUT2D eigenvalue weighted by Crippen LogP contribution is 2.42. The number of thioether (sulfide) groups is 1. The van der Waals surface area contributed by atoms with Crippen molar-refractivity contribution in [3.05, 3.63) is 70.4 Å². The molecule has 0 saturated carbocycles. The van der Waals surface area contributed by atoms with Gasteiger partial charge in [-0.05, 0) is 38.0 Å². The molecule has 0 bridgehead atoms. The molecule has 5 heteroatoms. The number of nitrogens with zero attached hydrogens (tertiary/aromatic N) is 2. The zero-order valence-corrected chi connectivity index (χ0v) is 16.7. The van der Waals surface area contributed by atoms with Crippen molar-refractivity contribution in [3.63, 3.8) is 0 Å². The largest absolute Gasteiger partial charge is 0.350 e. The second kappa shape index (κ2) is 7.24. The Kier molecular flexibility index (Phi) is 4.79. The van der Waals surface area contributed by atoms with Crippen LogP contribution in [-0.4, -0.2) is 22.2 Å². The first-order valence-electron chi connectivity index (χ1n) is 9.16. The molecule has 27 heavy (non-hydrogen) atoms. The number of rotatable bonds is 4. The zero-order chi connectivity index (χ0) is 19.0. The molecule has 0 radical (unpaired) electrons. The molecule has 0 aliphatic carbocycles. The van der Waals surface area contributed by atoms with Crippen molar-refractivity contribution in [2.24, 2.45) is 7.05 Å². The minimum Gasteiger partial charge on any atom is -0.350 e. The maximum atomic E-state index is 12.8. The molecule has 1 amide bonds. The Morgan fingerprint density at radius 2 is 1.89 bits per heavy atom. The third-order valence-corrected chi connectivity index (χ3v) is 6.04. The number of carbonyl (C=O) groups is 1. The third-order valence-electron chi connectivity index (χ3n) is 4.94. The van der Waals surface area contributed by atoms with E-state index < -0.39 is 0 Å². The fourth-order valence-corrected chi connectivity index (χ4v) is 4.54. The van der Waals surface area contributed by atoms with E-state index in [-0.39, 0.29) is 5.91 Å². The molecule has 0 atom stereocenters. The maximum absolute atomic E-state index is 12.8. The topological polar surface area (TPSA) is 46.9 Å². The van der Waals surface area contributed by atoms with Crippen LogP contribution in [0.2, 0.25) is 0 Å². The van der Waals surface area contributed by atoms with Gasteiger partial charge in [0.15, 0.2) is 5.69 Å². The van der Waals surface area contributed by atoms with Crippen LogP contribution in [0.25, 0.3) is 11.3 Å². The molecule has 3 aromatic rings. The molecule has 2 aromatic carbocycles. The second-order valence-electron chi connectivity index (χ2n) is 7.08. The Balaban J connectivity index is 1.52. The van der Waals surface area contributed by atoms with Crippen molar-refractivity contribution in [2.45, 2.75) is 30.9 Å². The number of fused-ring (bicyclic) bond motifs is 3. The Labute approximate surface area is 164 Å². The van der Waals surface area contributed by atoms with Crippen LogP contribution in [0.15, 0.2) is 47.4 Å². The highest BCUT2D eigenvalue weighted by Gasteiger charge is 2.27. The first kappa shape index (κ1) is 17.9. The Hall–Kier alpha value is -2.53.